The van der Waals surface area contributed by atoms with Gasteiger partial charge < -0.3 is 0 Å². The Morgan fingerprint density at radius 2 is 1.69 bits per heavy atom. The first-order chi connectivity index (χ1) is 6.07. The second kappa shape index (κ2) is 6.83. The molecule has 0 bridgehead atoms. The zero-order valence-electron chi connectivity index (χ0n) is 7.17. The Morgan fingerprint density at radius 3 is 2.00 bits per heavy atom. The third kappa shape index (κ3) is 6.51. The van der Waals surface area contributed by atoms with Gasteiger partial charge in [-0.1, -0.05) is 24.3 Å². The van der Waals surface area contributed by atoms with Gasteiger partial charge in [-0.3, -0.25) is 0 Å². The molecule has 0 aliphatic carbocycles. The van der Waals surface area contributed by atoms with Gasteiger partial charge in [-0.2, -0.15) is 25.8 Å². The Labute approximate surface area is 81.2 Å². The monoisotopic (exact) mass is 208 g/mol. The Bertz CT molecular complexity index is 235. The van der Waals surface area contributed by atoms with Gasteiger partial charge >= 0.3 is 6.68 Å². The summed E-state index contributed by atoms with van der Waals surface area (Å²) in [5.74, 6) is 0.840. The summed E-state index contributed by atoms with van der Waals surface area (Å²) in [5.41, 5.74) is 2.65. The molecule has 0 atom stereocenters. The quantitative estimate of drug-likeness (QED) is 0.670. The van der Waals surface area contributed by atoms with Crippen molar-refractivity contribution in [2.45, 2.75) is 19.4 Å². The molecule has 1 rings (SSSR count). The summed E-state index contributed by atoms with van der Waals surface area (Å²) in [5, 5.41) is 0. The SMILES string of the molecule is Cc1ccccc1CS.FC(F)F. The lowest BCUT2D eigenvalue weighted by molar-refractivity contribution is 0.00819. The minimum Gasteiger partial charge on any atom is -0.175 e. The van der Waals surface area contributed by atoms with E-state index in [0.717, 1.165) is 5.75 Å². The minimum absolute atomic E-state index is 0.840. The van der Waals surface area contributed by atoms with Crippen LogP contribution in [0.1, 0.15) is 11.1 Å². The maximum Gasteiger partial charge on any atom is 0.379 e. The number of hydrogen-bond donors (Lipinski definition) is 1. The number of hydrogen-bond acceptors (Lipinski definition) is 1. The molecule has 0 radical (unpaired) electrons. The van der Waals surface area contributed by atoms with E-state index in [4.69, 9.17) is 0 Å². The highest BCUT2D eigenvalue weighted by Crippen LogP contribution is 2.08. The molecule has 0 N–H and O–H groups in total. The van der Waals surface area contributed by atoms with Crippen LogP contribution in [0.3, 0.4) is 0 Å². The van der Waals surface area contributed by atoms with Crippen LogP contribution in [0, 0.1) is 6.92 Å². The second-order valence-electron chi connectivity index (χ2n) is 2.33. The van der Waals surface area contributed by atoms with Gasteiger partial charge in [-0.05, 0) is 18.1 Å². The molecule has 0 unspecified atom stereocenters. The van der Waals surface area contributed by atoms with Crippen molar-refractivity contribution in [1.29, 1.82) is 0 Å². The average molecular weight is 208 g/mol. The maximum atomic E-state index is 9.67. The number of thiol groups is 1. The topological polar surface area (TPSA) is 0 Å². The zero-order valence-corrected chi connectivity index (χ0v) is 8.07. The van der Waals surface area contributed by atoms with Crippen molar-refractivity contribution >= 4 is 12.6 Å². The highest BCUT2D eigenvalue weighted by molar-refractivity contribution is 7.79. The lowest BCUT2D eigenvalue weighted by Gasteiger charge is -1.98. The fourth-order valence-corrected chi connectivity index (χ4v) is 1.14. The summed E-state index contributed by atoms with van der Waals surface area (Å²) in [4.78, 5) is 0. The van der Waals surface area contributed by atoms with Gasteiger partial charge in [0.05, 0.1) is 0 Å². The van der Waals surface area contributed by atoms with Crippen molar-refractivity contribution in [2.24, 2.45) is 0 Å². The fraction of sp³-hybridized carbons (Fsp3) is 0.333. The van der Waals surface area contributed by atoms with Crippen LogP contribution in [0.15, 0.2) is 24.3 Å². The second-order valence-corrected chi connectivity index (χ2v) is 2.65. The van der Waals surface area contributed by atoms with Crippen molar-refractivity contribution in [2.75, 3.05) is 0 Å². The lowest BCUT2D eigenvalue weighted by atomic mass is 10.1. The van der Waals surface area contributed by atoms with Crippen LogP contribution >= 0.6 is 12.6 Å². The summed E-state index contributed by atoms with van der Waals surface area (Å²) < 4.78 is 29.0. The average Bonchev–Trinajstić information content (AvgIpc) is 2.04. The van der Waals surface area contributed by atoms with Crippen molar-refractivity contribution in [3.63, 3.8) is 0 Å². The predicted octanol–water partition coefficient (Wildman–Crippen LogP) is 3.60. The Balaban J connectivity index is 0.000000310. The molecule has 0 aromatic heterocycles. The molecule has 0 saturated carbocycles. The highest BCUT2D eigenvalue weighted by atomic mass is 32.1. The fourth-order valence-electron chi connectivity index (χ4n) is 0.787. The standard InChI is InChI=1S/C8H10S.CHF3/c1-7-4-2-3-5-8(7)6-9;2-1(3)4/h2-5,9H,6H2,1H3;1H. The molecule has 0 spiro atoms. The molecule has 0 fully saturated rings. The lowest BCUT2D eigenvalue weighted by Crippen LogP contribution is -1.80. The van der Waals surface area contributed by atoms with Gasteiger partial charge in [-0.15, -0.1) is 0 Å². The summed E-state index contributed by atoms with van der Waals surface area (Å²) in [6.45, 7) is -1.56. The number of alkyl halides is 3. The van der Waals surface area contributed by atoms with Gasteiger partial charge in [0.25, 0.3) is 0 Å². The molecule has 0 aliphatic rings. The smallest absolute Gasteiger partial charge is 0.175 e. The Hall–Kier alpha value is -0.640. The molecule has 0 saturated heterocycles. The first-order valence-electron chi connectivity index (χ1n) is 3.65. The van der Waals surface area contributed by atoms with E-state index >= 15 is 0 Å². The van der Waals surface area contributed by atoms with E-state index in [1.807, 2.05) is 12.1 Å². The van der Waals surface area contributed by atoms with Crippen LogP contribution in [0.25, 0.3) is 0 Å². The predicted molar refractivity (Wildman–Crippen MR) is 51.0 cm³/mol. The van der Waals surface area contributed by atoms with Crippen LogP contribution in [0.5, 0.6) is 0 Å². The summed E-state index contributed by atoms with van der Waals surface area (Å²) in [6.07, 6.45) is 0. The summed E-state index contributed by atoms with van der Waals surface area (Å²) in [6, 6.07) is 8.29. The van der Waals surface area contributed by atoms with Crippen molar-refractivity contribution in [3.05, 3.63) is 35.4 Å². The molecule has 0 nitrogen and oxygen atoms in total. The van der Waals surface area contributed by atoms with Crippen molar-refractivity contribution in [1.82, 2.24) is 0 Å². The maximum absolute atomic E-state index is 9.67. The number of halogens is 3. The zero-order chi connectivity index (χ0) is 10.3. The van der Waals surface area contributed by atoms with Crippen molar-refractivity contribution in [3.8, 4) is 0 Å². The Kier molecular flexibility index (Phi) is 6.49. The molecule has 13 heavy (non-hydrogen) atoms. The highest BCUT2D eigenvalue weighted by Gasteiger charge is 1.90. The molecule has 1 aromatic rings. The first-order valence-corrected chi connectivity index (χ1v) is 4.28. The molecule has 4 heteroatoms. The van der Waals surface area contributed by atoms with E-state index in [0.29, 0.717) is 0 Å². The molecule has 74 valence electrons. The number of aryl methyl sites for hydroxylation is 1. The van der Waals surface area contributed by atoms with Crippen LogP contribution < -0.4 is 0 Å². The van der Waals surface area contributed by atoms with E-state index in [1.54, 1.807) is 0 Å². The normalized spacial score (nSPS) is 9.38. The van der Waals surface area contributed by atoms with Crippen LogP contribution in [0.2, 0.25) is 0 Å². The summed E-state index contributed by atoms with van der Waals surface area (Å²) in [7, 11) is 0. The van der Waals surface area contributed by atoms with E-state index in [2.05, 4.69) is 31.7 Å². The third-order valence-corrected chi connectivity index (χ3v) is 1.77. The van der Waals surface area contributed by atoms with Crippen LogP contribution in [-0.4, -0.2) is 6.68 Å². The van der Waals surface area contributed by atoms with Crippen molar-refractivity contribution < 1.29 is 13.2 Å². The Morgan fingerprint density at radius 1 is 1.23 bits per heavy atom. The molecule has 0 heterocycles. The summed E-state index contributed by atoms with van der Waals surface area (Å²) >= 11 is 4.18. The minimum atomic E-state index is -3.67. The molecule has 1 aromatic carbocycles. The van der Waals surface area contributed by atoms with E-state index < -0.39 is 6.68 Å². The van der Waals surface area contributed by atoms with Gasteiger partial charge in [0.15, 0.2) is 0 Å². The van der Waals surface area contributed by atoms with Gasteiger partial charge in [-0.25, -0.2) is 0 Å². The van der Waals surface area contributed by atoms with E-state index in [9.17, 15) is 13.2 Å². The number of benzene rings is 1. The molecule has 0 aliphatic heterocycles. The number of rotatable bonds is 1. The van der Waals surface area contributed by atoms with Crippen LogP contribution in [-0.2, 0) is 5.75 Å². The molecular formula is C9H11F3S. The first kappa shape index (κ1) is 12.4. The largest absolute Gasteiger partial charge is 0.379 e. The third-order valence-electron chi connectivity index (χ3n) is 1.43. The van der Waals surface area contributed by atoms with Gasteiger partial charge in [0, 0.05) is 5.75 Å². The van der Waals surface area contributed by atoms with Gasteiger partial charge in [0.2, 0.25) is 0 Å². The molecular weight excluding hydrogens is 197 g/mol. The van der Waals surface area contributed by atoms with E-state index in [1.165, 1.54) is 11.1 Å². The van der Waals surface area contributed by atoms with Gasteiger partial charge in [0.1, 0.15) is 0 Å². The van der Waals surface area contributed by atoms with E-state index in [-0.39, 0.29) is 0 Å². The van der Waals surface area contributed by atoms with Crippen LogP contribution in [0.4, 0.5) is 13.2 Å². The molecule has 0 amide bonds.